The van der Waals surface area contributed by atoms with E-state index in [1.54, 1.807) is 0 Å². The van der Waals surface area contributed by atoms with Gasteiger partial charge in [-0.2, -0.15) is 11.8 Å². The number of nitrogens with one attached hydrogen (secondary N) is 1. The second-order valence-electron chi connectivity index (χ2n) is 4.24. The van der Waals surface area contributed by atoms with Crippen LogP contribution in [0.25, 0.3) is 0 Å². The Kier molecular flexibility index (Phi) is 3.39. The van der Waals surface area contributed by atoms with Gasteiger partial charge in [0.15, 0.2) is 9.84 Å². The maximum Gasteiger partial charge on any atom is 0.151 e. The maximum atomic E-state index is 11.2. The van der Waals surface area contributed by atoms with E-state index in [9.17, 15) is 8.42 Å². The molecule has 14 heavy (non-hydrogen) atoms. The first-order valence-corrected chi connectivity index (χ1v) is 8.15. The van der Waals surface area contributed by atoms with E-state index in [1.807, 2.05) is 11.8 Å². The lowest BCUT2D eigenvalue weighted by atomic mass is 10.1. The van der Waals surface area contributed by atoms with Crippen molar-refractivity contribution in [1.82, 2.24) is 5.32 Å². The van der Waals surface area contributed by atoms with Gasteiger partial charge < -0.3 is 5.32 Å². The van der Waals surface area contributed by atoms with Crippen LogP contribution in [0.1, 0.15) is 12.8 Å². The van der Waals surface area contributed by atoms with Gasteiger partial charge in [0, 0.05) is 6.04 Å². The molecule has 0 aliphatic carbocycles. The van der Waals surface area contributed by atoms with E-state index >= 15 is 0 Å². The molecule has 5 heteroatoms. The normalized spacial score (nSPS) is 36.3. The second kappa shape index (κ2) is 4.41. The van der Waals surface area contributed by atoms with Crippen LogP contribution in [-0.4, -0.2) is 44.0 Å². The standard InChI is InChI=1S/C9H17NO2S2/c11-14(12)4-2-9(7-14)10-5-8-1-3-13-6-8/h8-10H,1-7H2. The number of thioether (sulfide) groups is 1. The van der Waals surface area contributed by atoms with E-state index in [4.69, 9.17) is 0 Å². The fraction of sp³-hybridized carbons (Fsp3) is 1.00. The Bertz CT molecular complexity index is 283. The highest BCUT2D eigenvalue weighted by molar-refractivity contribution is 7.99. The van der Waals surface area contributed by atoms with Gasteiger partial charge in [0.2, 0.25) is 0 Å². The zero-order valence-corrected chi connectivity index (χ0v) is 9.87. The van der Waals surface area contributed by atoms with Crippen molar-refractivity contribution in [3.05, 3.63) is 0 Å². The zero-order valence-electron chi connectivity index (χ0n) is 8.24. The molecule has 0 aromatic carbocycles. The van der Waals surface area contributed by atoms with Crippen LogP contribution in [0.15, 0.2) is 0 Å². The molecule has 0 bridgehead atoms. The van der Waals surface area contributed by atoms with Crippen LogP contribution in [0.4, 0.5) is 0 Å². The van der Waals surface area contributed by atoms with Gasteiger partial charge in [-0.15, -0.1) is 0 Å². The number of rotatable bonds is 3. The Labute approximate surface area is 89.9 Å². The summed E-state index contributed by atoms with van der Waals surface area (Å²) in [5, 5.41) is 3.39. The molecule has 2 rings (SSSR count). The highest BCUT2D eigenvalue weighted by atomic mass is 32.2. The molecule has 0 radical (unpaired) electrons. The van der Waals surface area contributed by atoms with Crippen molar-refractivity contribution in [2.75, 3.05) is 29.6 Å². The van der Waals surface area contributed by atoms with Crippen molar-refractivity contribution in [3.63, 3.8) is 0 Å². The molecule has 3 nitrogen and oxygen atoms in total. The van der Waals surface area contributed by atoms with E-state index in [2.05, 4.69) is 5.32 Å². The molecule has 2 aliphatic heterocycles. The van der Waals surface area contributed by atoms with Crippen LogP contribution in [0.2, 0.25) is 0 Å². The molecule has 82 valence electrons. The number of hydrogen-bond acceptors (Lipinski definition) is 4. The van der Waals surface area contributed by atoms with E-state index in [0.29, 0.717) is 11.5 Å². The molecule has 1 N–H and O–H groups in total. The quantitative estimate of drug-likeness (QED) is 0.774. The molecule has 0 aromatic heterocycles. The van der Waals surface area contributed by atoms with Gasteiger partial charge in [0.1, 0.15) is 0 Å². The summed E-state index contributed by atoms with van der Waals surface area (Å²) in [6.45, 7) is 1.01. The predicted molar refractivity (Wildman–Crippen MR) is 60.5 cm³/mol. The van der Waals surface area contributed by atoms with Crippen molar-refractivity contribution < 1.29 is 8.42 Å². The Morgan fingerprint density at radius 1 is 1.36 bits per heavy atom. The van der Waals surface area contributed by atoms with Gasteiger partial charge in [-0.1, -0.05) is 0 Å². The minimum atomic E-state index is -2.71. The van der Waals surface area contributed by atoms with Crippen molar-refractivity contribution >= 4 is 21.6 Å². The first-order chi connectivity index (χ1) is 6.66. The zero-order chi connectivity index (χ0) is 10.0. The van der Waals surface area contributed by atoms with Gasteiger partial charge in [-0.05, 0) is 36.8 Å². The molecule has 2 unspecified atom stereocenters. The summed E-state index contributed by atoms with van der Waals surface area (Å²) in [7, 11) is -2.71. The smallest absolute Gasteiger partial charge is 0.151 e. The molecule has 0 aromatic rings. The lowest BCUT2D eigenvalue weighted by Gasteiger charge is -2.14. The molecular weight excluding hydrogens is 218 g/mol. The molecule has 2 aliphatic rings. The van der Waals surface area contributed by atoms with E-state index in [-0.39, 0.29) is 6.04 Å². The Balaban J connectivity index is 1.71. The molecule has 2 atom stereocenters. The summed E-state index contributed by atoms with van der Waals surface area (Å²) in [5.41, 5.74) is 0. The molecule has 2 heterocycles. The predicted octanol–water partition coefficient (Wildman–Crippen LogP) is 0.516. The van der Waals surface area contributed by atoms with Crippen molar-refractivity contribution in [2.45, 2.75) is 18.9 Å². The molecule has 2 fully saturated rings. The van der Waals surface area contributed by atoms with Gasteiger partial charge in [-0.3, -0.25) is 0 Å². The molecule has 0 spiro atoms. The molecule has 2 saturated heterocycles. The third-order valence-electron chi connectivity index (χ3n) is 2.95. The third-order valence-corrected chi connectivity index (χ3v) is 5.95. The number of hydrogen-bond donors (Lipinski definition) is 1. The Hall–Kier alpha value is 0.260. The summed E-state index contributed by atoms with van der Waals surface area (Å²) in [6.07, 6.45) is 2.10. The fourth-order valence-electron chi connectivity index (χ4n) is 2.03. The lowest BCUT2D eigenvalue weighted by molar-refractivity contribution is 0.471. The van der Waals surface area contributed by atoms with Gasteiger partial charge in [-0.25, -0.2) is 8.42 Å². The second-order valence-corrected chi connectivity index (χ2v) is 7.62. The summed E-state index contributed by atoms with van der Waals surface area (Å²) < 4.78 is 22.4. The van der Waals surface area contributed by atoms with Gasteiger partial charge >= 0.3 is 0 Å². The molecule has 0 saturated carbocycles. The van der Waals surface area contributed by atoms with Crippen LogP contribution in [0.5, 0.6) is 0 Å². The topological polar surface area (TPSA) is 46.2 Å². The minimum Gasteiger partial charge on any atom is -0.313 e. The molecular formula is C9H17NO2S2. The summed E-state index contributed by atoms with van der Waals surface area (Å²) in [4.78, 5) is 0. The highest BCUT2D eigenvalue weighted by Crippen LogP contribution is 2.23. The van der Waals surface area contributed by atoms with Gasteiger partial charge in [0.05, 0.1) is 11.5 Å². The third kappa shape index (κ3) is 2.87. The van der Waals surface area contributed by atoms with E-state index in [1.165, 1.54) is 17.9 Å². The SMILES string of the molecule is O=S1(=O)CCC(NCC2CCSC2)C1. The molecule has 0 amide bonds. The first kappa shape index (κ1) is 10.8. The largest absolute Gasteiger partial charge is 0.313 e. The van der Waals surface area contributed by atoms with Crippen LogP contribution >= 0.6 is 11.8 Å². The van der Waals surface area contributed by atoms with Crippen molar-refractivity contribution in [3.8, 4) is 0 Å². The average molecular weight is 235 g/mol. The Morgan fingerprint density at radius 3 is 2.79 bits per heavy atom. The summed E-state index contributed by atoms with van der Waals surface area (Å²) in [5.74, 6) is 4.02. The van der Waals surface area contributed by atoms with Crippen LogP contribution in [0, 0.1) is 5.92 Å². The Morgan fingerprint density at radius 2 is 2.21 bits per heavy atom. The summed E-state index contributed by atoms with van der Waals surface area (Å²) >= 11 is 2.01. The average Bonchev–Trinajstić information content (AvgIpc) is 2.70. The number of sulfone groups is 1. The van der Waals surface area contributed by atoms with Crippen molar-refractivity contribution in [1.29, 1.82) is 0 Å². The highest BCUT2D eigenvalue weighted by Gasteiger charge is 2.28. The van der Waals surface area contributed by atoms with Crippen LogP contribution in [0.3, 0.4) is 0 Å². The fourth-order valence-corrected chi connectivity index (χ4v) is 5.03. The van der Waals surface area contributed by atoms with Crippen LogP contribution < -0.4 is 5.32 Å². The van der Waals surface area contributed by atoms with E-state index in [0.717, 1.165) is 18.9 Å². The lowest BCUT2D eigenvalue weighted by Crippen LogP contribution is -2.34. The van der Waals surface area contributed by atoms with Crippen LogP contribution in [-0.2, 0) is 9.84 Å². The first-order valence-electron chi connectivity index (χ1n) is 5.17. The monoisotopic (exact) mass is 235 g/mol. The minimum absolute atomic E-state index is 0.227. The van der Waals surface area contributed by atoms with E-state index < -0.39 is 9.84 Å². The maximum absolute atomic E-state index is 11.2. The van der Waals surface area contributed by atoms with Gasteiger partial charge in [0.25, 0.3) is 0 Å². The van der Waals surface area contributed by atoms with Crippen molar-refractivity contribution in [2.24, 2.45) is 5.92 Å². The summed E-state index contributed by atoms with van der Waals surface area (Å²) in [6, 6.07) is 0.227.